The van der Waals surface area contributed by atoms with E-state index in [0.717, 1.165) is 31.7 Å². The van der Waals surface area contributed by atoms with Crippen LogP contribution in [0.3, 0.4) is 0 Å². The van der Waals surface area contributed by atoms with Gasteiger partial charge >= 0.3 is 0 Å². The molecular weight excluding hydrogens is 295 g/mol. The van der Waals surface area contributed by atoms with Gasteiger partial charge in [0.2, 0.25) is 0 Å². The van der Waals surface area contributed by atoms with Crippen molar-refractivity contribution >= 4 is 15.9 Å². The van der Waals surface area contributed by atoms with Gasteiger partial charge in [-0.25, -0.2) is 4.39 Å². The van der Waals surface area contributed by atoms with Crippen molar-refractivity contribution in [3.05, 3.63) is 34.1 Å². The molecule has 100 valence electrons. The van der Waals surface area contributed by atoms with Gasteiger partial charge < -0.3 is 5.32 Å². The van der Waals surface area contributed by atoms with E-state index in [0.29, 0.717) is 10.5 Å². The highest BCUT2D eigenvalue weighted by molar-refractivity contribution is 9.10. The molecule has 1 N–H and O–H groups in total. The molecule has 1 fully saturated rings. The first-order chi connectivity index (χ1) is 8.70. The lowest BCUT2D eigenvalue weighted by Gasteiger charge is -2.24. The maximum atomic E-state index is 13.5. The van der Waals surface area contributed by atoms with E-state index in [1.807, 2.05) is 6.07 Å². The van der Waals surface area contributed by atoms with Crippen molar-refractivity contribution in [2.24, 2.45) is 0 Å². The first-order valence-corrected chi connectivity index (χ1v) is 7.38. The van der Waals surface area contributed by atoms with E-state index in [9.17, 15) is 4.39 Å². The zero-order valence-corrected chi connectivity index (χ0v) is 12.3. The van der Waals surface area contributed by atoms with Crippen molar-refractivity contribution < 1.29 is 4.39 Å². The van der Waals surface area contributed by atoms with Crippen molar-refractivity contribution in [2.45, 2.75) is 32.4 Å². The van der Waals surface area contributed by atoms with Crippen LogP contribution in [0.1, 0.15) is 25.3 Å². The van der Waals surface area contributed by atoms with E-state index >= 15 is 0 Å². The van der Waals surface area contributed by atoms with Gasteiger partial charge in [-0.2, -0.15) is 0 Å². The monoisotopic (exact) mass is 314 g/mol. The minimum atomic E-state index is -0.178. The van der Waals surface area contributed by atoms with E-state index in [1.54, 1.807) is 6.07 Å². The summed E-state index contributed by atoms with van der Waals surface area (Å²) < 4.78 is 14.1. The summed E-state index contributed by atoms with van der Waals surface area (Å²) in [7, 11) is 0. The molecular formula is C14H20BrFN2. The van der Waals surface area contributed by atoms with Gasteiger partial charge in [0.1, 0.15) is 5.82 Å². The minimum Gasteiger partial charge on any atom is -0.313 e. The zero-order chi connectivity index (χ0) is 13.0. The van der Waals surface area contributed by atoms with Gasteiger partial charge in [-0.1, -0.05) is 19.1 Å². The molecule has 0 aromatic heterocycles. The SMILES string of the molecule is CCN(Cc1cccc(F)c1Br)CC1CCCN1. The third-order valence-electron chi connectivity index (χ3n) is 3.51. The first kappa shape index (κ1) is 14.0. The molecule has 1 aliphatic heterocycles. The van der Waals surface area contributed by atoms with Crippen LogP contribution >= 0.6 is 15.9 Å². The molecule has 1 aromatic rings. The Morgan fingerprint density at radius 3 is 3.00 bits per heavy atom. The van der Waals surface area contributed by atoms with Crippen LogP contribution in [-0.4, -0.2) is 30.6 Å². The Balaban J connectivity index is 1.98. The molecule has 1 aliphatic rings. The highest BCUT2D eigenvalue weighted by Gasteiger charge is 2.18. The molecule has 0 saturated carbocycles. The fourth-order valence-electron chi connectivity index (χ4n) is 2.44. The van der Waals surface area contributed by atoms with Gasteiger partial charge in [0.15, 0.2) is 0 Å². The summed E-state index contributed by atoms with van der Waals surface area (Å²) in [5.74, 6) is -0.178. The third-order valence-corrected chi connectivity index (χ3v) is 4.40. The first-order valence-electron chi connectivity index (χ1n) is 6.59. The Morgan fingerprint density at radius 1 is 1.50 bits per heavy atom. The maximum Gasteiger partial charge on any atom is 0.137 e. The molecule has 2 rings (SSSR count). The Hall–Kier alpha value is -0.450. The van der Waals surface area contributed by atoms with Crippen molar-refractivity contribution in [1.29, 1.82) is 0 Å². The quantitative estimate of drug-likeness (QED) is 0.898. The molecule has 2 nitrogen and oxygen atoms in total. The highest BCUT2D eigenvalue weighted by Crippen LogP contribution is 2.22. The minimum absolute atomic E-state index is 0.178. The van der Waals surface area contributed by atoms with Crippen LogP contribution in [0.15, 0.2) is 22.7 Å². The second-order valence-electron chi connectivity index (χ2n) is 4.83. The summed E-state index contributed by atoms with van der Waals surface area (Å²) in [4.78, 5) is 2.36. The maximum absolute atomic E-state index is 13.5. The number of likely N-dealkylation sites (N-methyl/N-ethyl adjacent to an activating group) is 1. The molecule has 18 heavy (non-hydrogen) atoms. The molecule has 0 aliphatic carbocycles. The number of halogens is 2. The summed E-state index contributed by atoms with van der Waals surface area (Å²) in [5.41, 5.74) is 1.02. The standard InChI is InChI=1S/C14H20BrFN2/c1-2-18(10-12-6-4-8-17-12)9-11-5-3-7-13(16)14(11)15/h3,5,7,12,17H,2,4,6,8-10H2,1H3. The lowest BCUT2D eigenvalue weighted by atomic mass is 10.1. The van der Waals surface area contributed by atoms with Crippen LogP contribution < -0.4 is 5.32 Å². The largest absolute Gasteiger partial charge is 0.313 e. The molecule has 0 bridgehead atoms. The average Bonchev–Trinajstić information content (AvgIpc) is 2.86. The average molecular weight is 315 g/mol. The lowest BCUT2D eigenvalue weighted by Crippen LogP contribution is -2.37. The Labute approximate surface area is 117 Å². The normalized spacial score (nSPS) is 19.7. The molecule has 1 unspecified atom stereocenters. The van der Waals surface area contributed by atoms with Crippen molar-refractivity contribution in [3.63, 3.8) is 0 Å². The molecule has 4 heteroatoms. The number of nitrogens with one attached hydrogen (secondary N) is 1. The van der Waals surface area contributed by atoms with Gasteiger partial charge in [-0.3, -0.25) is 4.90 Å². The van der Waals surface area contributed by atoms with Crippen LogP contribution in [0.5, 0.6) is 0 Å². The molecule has 0 amide bonds. The van der Waals surface area contributed by atoms with Crippen LogP contribution in [0.25, 0.3) is 0 Å². The van der Waals surface area contributed by atoms with Crippen LogP contribution in [-0.2, 0) is 6.54 Å². The predicted octanol–water partition coefficient (Wildman–Crippen LogP) is 3.16. The Bertz CT molecular complexity index is 391. The molecule has 1 heterocycles. The molecule has 0 spiro atoms. The lowest BCUT2D eigenvalue weighted by molar-refractivity contribution is 0.252. The Kier molecular flexibility index (Phi) is 5.15. The van der Waals surface area contributed by atoms with Crippen molar-refractivity contribution in [2.75, 3.05) is 19.6 Å². The fraction of sp³-hybridized carbons (Fsp3) is 0.571. The van der Waals surface area contributed by atoms with E-state index < -0.39 is 0 Å². The molecule has 1 aromatic carbocycles. The number of rotatable bonds is 5. The third kappa shape index (κ3) is 3.53. The van der Waals surface area contributed by atoms with Gasteiger partial charge in [0.05, 0.1) is 4.47 Å². The Morgan fingerprint density at radius 2 is 2.33 bits per heavy atom. The molecule has 1 atom stereocenters. The summed E-state index contributed by atoms with van der Waals surface area (Å²) in [5, 5.41) is 3.51. The number of nitrogens with zero attached hydrogens (tertiary/aromatic N) is 1. The van der Waals surface area contributed by atoms with Crippen LogP contribution in [0.2, 0.25) is 0 Å². The van der Waals surface area contributed by atoms with Gasteiger partial charge in [-0.05, 0) is 53.5 Å². The van der Waals surface area contributed by atoms with Gasteiger partial charge in [0.25, 0.3) is 0 Å². The summed E-state index contributed by atoms with van der Waals surface area (Å²) in [6, 6.07) is 5.84. The number of hydrogen-bond acceptors (Lipinski definition) is 2. The van der Waals surface area contributed by atoms with Crippen molar-refractivity contribution in [1.82, 2.24) is 10.2 Å². The summed E-state index contributed by atoms with van der Waals surface area (Å²) in [6.07, 6.45) is 2.52. The van der Waals surface area contributed by atoms with Crippen LogP contribution in [0, 0.1) is 5.82 Å². The van der Waals surface area contributed by atoms with Gasteiger partial charge in [-0.15, -0.1) is 0 Å². The van der Waals surface area contributed by atoms with E-state index in [-0.39, 0.29) is 5.82 Å². The van der Waals surface area contributed by atoms with E-state index in [4.69, 9.17) is 0 Å². The van der Waals surface area contributed by atoms with Crippen LogP contribution in [0.4, 0.5) is 4.39 Å². The number of benzene rings is 1. The second kappa shape index (κ2) is 6.64. The summed E-state index contributed by atoms with van der Waals surface area (Å²) >= 11 is 3.33. The molecule has 1 saturated heterocycles. The van der Waals surface area contributed by atoms with Crippen molar-refractivity contribution in [3.8, 4) is 0 Å². The summed E-state index contributed by atoms with van der Waals surface area (Å²) in [6.45, 7) is 6.11. The fourth-order valence-corrected chi connectivity index (χ4v) is 2.83. The van der Waals surface area contributed by atoms with E-state index in [2.05, 4.69) is 33.1 Å². The molecule has 0 radical (unpaired) electrons. The smallest absolute Gasteiger partial charge is 0.137 e. The highest BCUT2D eigenvalue weighted by atomic mass is 79.9. The van der Waals surface area contributed by atoms with E-state index in [1.165, 1.54) is 18.9 Å². The predicted molar refractivity (Wildman–Crippen MR) is 76.1 cm³/mol. The topological polar surface area (TPSA) is 15.3 Å². The zero-order valence-electron chi connectivity index (χ0n) is 10.8. The number of hydrogen-bond donors (Lipinski definition) is 1. The van der Waals surface area contributed by atoms with Gasteiger partial charge in [0, 0.05) is 19.1 Å². The second-order valence-corrected chi connectivity index (χ2v) is 5.63.